The molecule has 1 heterocycles. The average molecular weight is 264 g/mol. The van der Waals surface area contributed by atoms with Crippen LogP contribution in [0.3, 0.4) is 0 Å². The lowest BCUT2D eigenvalue weighted by Gasteiger charge is -2.27. The summed E-state index contributed by atoms with van der Waals surface area (Å²) in [6.07, 6.45) is 3.74. The monoisotopic (exact) mass is 264 g/mol. The van der Waals surface area contributed by atoms with Gasteiger partial charge in [0.1, 0.15) is 5.82 Å². The first-order chi connectivity index (χ1) is 9.16. The number of rotatable bonds is 5. The van der Waals surface area contributed by atoms with Crippen molar-refractivity contribution in [2.75, 3.05) is 6.54 Å². The van der Waals surface area contributed by atoms with Gasteiger partial charge in [0.05, 0.1) is 5.54 Å². The number of carbonyl (C=O) groups excluding carboxylic acids is 1. The highest BCUT2D eigenvalue weighted by Gasteiger charge is 2.39. The first-order valence-corrected chi connectivity index (χ1v) is 6.94. The van der Waals surface area contributed by atoms with Crippen molar-refractivity contribution in [3.63, 3.8) is 0 Å². The third kappa shape index (κ3) is 3.32. The molecule has 0 bridgehead atoms. The van der Waals surface area contributed by atoms with Crippen molar-refractivity contribution >= 4 is 5.91 Å². The number of hydrogen-bond acceptors (Lipinski definition) is 2. The summed E-state index contributed by atoms with van der Waals surface area (Å²) in [4.78, 5) is 12.3. The van der Waals surface area contributed by atoms with Gasteiger partial charge in [0.25, 0.3) is 0 Å². The summed E-state index contributed by atoms with van der Waals surface area (Å²) >= 11 is 0. The van der Waals surface area contributed by atoms with Crippen LogP contribution in [0, 0.1) is 5.82 Å². The molecule has 1 aliphatic rings. The van der Waals surface area contributed by atoms with Gasteiger partial charge in [-0.05, 0) is 43.5 Å². The molecule has 1 aromatic rings. The first-order valence-electron chi connectivity index (χ1n) is 6.94. The van der Waals surface area contributed by atoms with Crippen LogP contribution in [0.25, 0.3) is 0 Å². The Morgan fingerprint density at radius 3 is 3.00 bits per heavy atom. The molecule has 0 saturated carbocycles. The summed E-state index contributed by atoms with van der Waals surface area (Å²) in [5.41, 5.74) is 0.375. The van der Waals surface area contributed by atoms with Crippen molar-refractivity contribution in [3.8, 4) is 0 Å². The van der Waals surface area contributed by atoms with E-state index < -0.39 is 5.54 Å². The van der Waals surface area contributed by atoms with Gasteiger partial charge in [0.2, 0.25) is 5.91 Å². The predicted octanol–water partition coefficient (Wildman–Crippen LogP) is 2.36. The van der Waals surface area contributed by atoms with Crippen molar-refractivity contribution < 1.29 is 9.18 Å². The molecule has 0 aliphatic carbocycles. The maximum absolute atomic E-state index is 13.1. The number of carbonyl (C=O) groups is 1. The summed E-state index contributed by atoms with van der Waals surface area (Å²) in [6.45, 7) is 3.36. The molecule has 1 atom stereocenters. The van der Waals surface area contributed by atoms with Crippen LogP contribution in [0.1, 0.15) is 38.2 Å². The molecule has 4 heteroatoms. The Labute approximate surface area is 113 Å². The lowest BCUT2D eigenvalue weighted by atomic mass is 9.91. The largest absolute Gasteiger partial charge is 0.350 e. The molecule has 3 nitrogen and oxygen atoms in total. The summed E-state index contributed by atoms with van der Waals surface area (Å²) in [7, 11) is 0. The Morgan fingerprint density at radius 2 is 2.37 bits per heavy atom. The van der Waals surface area contributed by atoms with Crippen LogP contribution in [0.5, 0.6) is 0 Å². The number of hydrogen-bond donors (Lipinski definition) is 2. The molecule has 0 radical (unpaired) electrons. The lowest BCUT2D eigenvalue weighted by Crippen LogP contribution is -2.53. The van der Waals surface area contributed by atoms with Gasteiger partial charge in [-0.1, -0.05) is 25.5 Å². The molecule has 1 aliphatic heterocycles. The quantitative estimate of drug-likeness (QED) is 0.857. The van der Waals surface area contributed by atoms with E-state index in [4.69, 9.17) is 0 Å². The van der Waals surface area contributed by atoms with Crippen LogP contribution in [0.2, 0.25) is 0 Å². The fourth-order valence-corrected chi connectivity index (χ4v) is 2.75. The Bertz CT molecular complexity index is 442. The first kappa shape index (κ1) is 14.0. The third-order valence-corrected chi connectivity index (χ3v) is 3.70. The van der Waals surface area contributed by atoms with Gasteiger partial charge in [-0.3, -0.25) is 4.79 Å². The van der Waals surface area contributed by atoms with Crippen LogP contribution in [0.4, 0.5) is 4.39 Å². The van der Waals surface area contributed by atoms with Gasteiger partial charge in [-0.15, -0.1) is 0 Å². The topological polar surface area (TPSA) is 41.1 Å². The smallest absolute Gasteiger partial charge is 0.240 e. The van der Waals surface area contributed by atoms with Gasteiger partial charge >= 0.3 is 0 Å². The molecule has 104 valence electrons. The van der Waals surface area contributed by atoms with Crippen LogP contribution in [-0.4, -0.2) is 18.0 Å². The van der Waals surface area contributed by atoms with E-state index in [0.717, 1.165) is 37.8 Å². The van der Waals surface area contributed by atoms with Crippen LogP contribution < -0.4 is 10.6 Å². The van der Waals surface area contributed by atoms with Crippen molar-refractivity contribution in [1.29, 1.82) is 0 Å². The van der Waals surface area contributed by atoms with Gasteiger partial charge in [0, 0.05) is 6.54 Å². The van der Waals surface area contributed by atoms with Crippen LogP contribution in [-0.2, 0) is 11.3 Å². The fourth-order valence-electron chi connectivity index (χ4n) is 2.75. The zero-order valence-corrected chi connectivity index (χ0v) is 11.3. The highest BCUT2D eigenvalue weighted by Crippen LogP contribution is 2.25. The van der Waals surface area contributed by atoms with E-state index in [0.29, 0.717) is 6.54 Å². The molecule has 2 N–H and O–H groups in total. The summed E-state index contributed by atoms with van der Waals surface area (Å²) in [5.74, 6) is -0.231. The average Bonchev–Trinajstić information content (AvgIpc) is 2.86. The Kier molecular flexibility index (Phi) is 4.53. The van der Waals surface area contributed by atoms with Crippen molar-refractivity contribution in [2.45, 2.75) is 44.7 Å². The van der Waals surface area contributed by atoms with Crippen molar-refractivity contribution in [1.82, 2.24) is 10.6 Å². The van der Waals surface area contributed by atoms with Crippen molar-refractivity contribution in [3.05, 3.63) is 35.6 Å². The van der Waals surface area contributed by atoms with Crippen LogP contribution >= 0.6 is 0 Å². The van der Waals surface area contributed by atoms with E-state index in [-0.39, 0.29) is 11.7 Å². The van der Waals surface area contributed by atoms with E-state index in [9.17, 15) is 9.18 Å². The van der Waals surface area contributed by atoms with Gasteiger partial charge in [-0.25, -0.2) is 4.39 Å². The number of nitrogens with one attached hydrogen (secondary N) is 2. The number of halogens is 1. The minimum Gasteiger partial charge on any atom is -0.350 e. The summed E-state index contributed by atoms with van der Waals surface area (Å²) < 4.78 is 13.1. The molecule has 0 spiro atoms. The summed E-state index contributed by atoms with van der Waals surface area (Å²) in [5, 5.41) is 6.26. The molecule has 0 aromatic heterocycles. The van der Waals surface area contributed by atoms with E-state index in [1.807, 2.05) is 6.07 Å². The Hall–Kier alpha value is -1.42. The Morgan fingerprint density at radius 1 is 1.53 bits per heavy atom. The number of amides is 1. The molecule has 1 fully saturated rings. The van der Waals surface area contributed by atoms with E-state index >= 15 is 0 Å². The maximum atomic E-state index is 13.1. The standard InChI is InChI=1S/C15H21FN2O/c1-2-7-15(8-4-9-18-15)14(19)17-11-12-5-3-6-13(16)10-12/h3,5-6,10,18H,2,4,7-9,11H2,1H3,(H,17,19). The molecule has 1 amide bonds. The third-order valence-electron chi connectivity index (χ3n) is 3.70. The highest BCUT2D eigenvalue weighted by molar-refractivity contribution is 5.86. The lowest BCUT2D eigenvalue weighted by molar-refractivity contribution is -0.127. The van der Waals surface area contributed by atoms with E-state index in [1.54, 1.807) is 6.07 Å². The zero-order valence-electron chi connectivity index (χ0n) is 11.3. The second-order valence-electron chi connectivity index (χ2n) is 5.18. The molecule has 1 unspecified atom stereocenters. The van der Waals surface area contributed by atoms with Crippen LogP contribution in [0.15, 0.2) is 24.3 Å². The zero-order chi connectivity index (χ0) is 13.7. The highest BCUT2D eigenvalue weighted by atomic mass is 19.1. The van der Waals surface area contributed by atoms with Gasteiger partial charge < -0.3 is 10.6 Å². The normalized spacial score (nSPS) is 22.4. The minimum atomic E-state index is -0.415. The SMILES string of the molecule is CCCC1(C(=O)NCc2cccc(F)c2)CCCN1. The second-order valence-corrected chi connectivity index (χ2v) is 5.18. The predicted molar refractivity (Wildman–Crippen MR) is 73.1 cm³/mol. The van der Waals surface area contributed by atoms with E-state index in [2.05, 4.69) is 17.6 Å². The molecule has 1 saturated heterocycles. The molecule has 1 aromatic carbocycles. The molecule has 19 heavy (non-hydrogen) atoms. The molecule has 2 rings (SSSR count). The van der Waals surface area contributed by atoms with E-state index in [1.165, 1.54) is 12.1 Å². The fraction of sp³-hybridized carbons (Fsp3) is 0.533. The van der Waals surface area contributed by atoms with Crippen molar-refractivity contribution in [2.24, 2.45) is 0 Å². The second kappa shape index (κ2) is 6.15. The maximum Gasteiger partial charge on any atom is 0.240 e. The molecular formula is C15H21FN2O. The number of benzene rings is 1. The minimum absolute atomic E-state index is 0.0381. The van der Waals surface area contributed by atoms with Gasteiger partial charge in [0.15, 0.2) is 0 Å². The molecular weight excluding hydrogens is 243 g/mol. The summed E-state index contributed by atoms with van der Waals surface area (Å²) in [6, 6.07) is 6.33. The van der Waals surface area contributed by atoms with Gasteiger partial charge in [-0.2, -0.15) is 0 Å². The Balaban J connectivity index is 1.96.